The van der Waals surface area contributed by atoms with Gasteiger partial charge in [-0.2, -0.15) is 0 Å². The maximum atomic E-state index is 2.40. The Kier molecular flexibility index (Phi) is 6.10. The molecule has 0 amide bonds. The van der Waals surface area contributed by atoms with E-state index in [1.165, 1.54) is 0 Å². The van der Waals surface area contributed by atoms with Gasteiger partial charge in [0.25, 0.3) is 0 Å². The summed E-state index contributed by atoms with van der Waals surface area (Å²) in [7, 11) is 2.18. The van der Waals surface area contributed by atoms with Crippen molar-refractivity contribution < 1.29 is 0 Å². The van der Waals surface area contributed by atoms with Crippen LogP contribution in [0.3, 0.4) is 0 Å². The molecule has 0 heterocycles. The van der Waals surface area contributed by atoms with Crippen LogP contribution >= 0.6 is 0 Å². The third kappa shape index (κ3) is 4.80. The molecule has 0 N–H and O–H groups in total. The van der Waals surface area contributed by atoms with Gasteiger partial charge in [0.15, 0.2) is 0 Å². The monoisotopic (exact) mass is 197 g/mol. The molecule has 0 aromatic carbocycles. The molecule has 1 nitrogen and oxygen atoms in total. The van der Waals surface area contributed by atoms with Crippen LogP contribution in [-0.4, -0.2) is 24.5 Å². The number of allylic oxidation sites excluding steroid dienone is 1. The lowest BCUT2D eigenvalue weighted by atomic mass is 9.92. The lowest BCUT2D eigenvalue weighted by Gasteiger charge is -2.22. The molecule has 0 atom stereocenters. The summed E-state index contributed by atoms with van der Waals surface area (Å²) < 4.78 is 0. The smallest absolute Gasteiger partial charge is 0.0165 e. The Morgan fingerprint density at radius 2 is 1.43 bits per heavy atom. The molecule has 0 unspecified atom stereocenters. The first-order valence-electron chi connectivity index (χ1n) is 5.76. The minimum Gasteiger partial charge on any atom is -0.300 e. The summed E-state index contributed by atoms with van der Waals surface area (Å²) in [5, 5.41) is 0. The molecule has 0 aliphatic rings. The average Bonchev–Trinajstić information content (AvgIpc) is 2.02. The van der Waals surface area contributed by atoms with Crippen LogP contribution in [0.2, 0.25) is 0 Å². The number of hydrogen-bond donors (Lipinski definition) is 0. The van der Waals surface area contributed by atoms with E-state index in [2.05, 4.69) is 59.6 Å². The van der Waals surface area contributed by atoms with Crippen LogP contribution in [-0.2, 0) is 0 Å². The fourth-order valence-corrected chi connectivity index (χ4v) is 1.60. The molecule has 0 aliphatic carbocycles. The van der Waals surface area contributed by atoms with E-state index in [0.717, 1.165) is 6.54 Å². The second-order valence-electron chi connectivity index (χ2n) is 5.05. The number of nitrogens with zero attached hydrogens (tertiary/aromatic N) is 1. The van der Waals surface area contributed by atoms with E-state index in [1.54, 1.807) is 5.57 Å². The molecular formula is C13H27N. The summed E-state index contributed by atoms with van der Waals surface area (Å²) in [4.78, 5) is 2.37. The highest BCUT2D eigenvalue weighted by atomic mass is 15.1. The lowest BCUT2D eigenvalue weighted by Crippen LogP contribution is -2.26. The third-order valence-corrected chi connectivity index (χ3v) is 2.83. The largest absolute Gasteiger partial charge is 0.300 e. The fourth-order valence-electron chi connectivity index (χ4n) is 1.60. The van der Waals surface area contributed by atoms with Crippen LogP contribution < -0.4 is 0 Å². The molecule has 0 aromatic rings. The predicted molar refractivity (Wildman–Crippen MR) is 65.5 cm³/mol. The van der Waals surface area contributed by atoms with Gasteiger partial charge in [0, 0.05) is 12.6 Å². The first kappa shape index (κ1) is 13.7. The van der Waals surface area contributed by atoms with E-state index in [1.807, 2.05) is 0 Å². The van der Waals surface area contributed by atoms with E-state index < -0.39 is 0 Å². The zero-order valence-electron chi connectivity index (χ0n) is 11.0. The first-order chi connectivity index (χ1) is 6.36. The van der Waals surface area contributed by atoms with Crippen LogP contribution in [0, 0.1) is 11.8 Å². The van der Waals surface area contributed by atoms with Crippen LogP contribution in [0.1, 0.15) is 41.5 Å². The summed E-state index contributed by atoms with van der Waals surface area (Å²) in [6.07, 6.45) is 2.40. The second-order valence-corrected chi connectivity index (χ2v) is 5.05. The van der Waals surface area contributed by atoms with Crippen LogP contribution in [0.25, 0.3) is 0 Å². The normalized spacial score (nSPS) is 11.9. The molecule has 0 rings (SSSR count). The highest BCUT2D eigenvalue weighted by molar-refractivity contribution is 5.08. The molecule has 0 saturated carbocycles. The minimum absolute atomic E-state index is 0.631. The second kappa shape index (κ2) is 6.23. The summed E-state index contributed by atoms with van der Waals surface area (Å²) in [5.74, 6) is 1.35. The molecule has 1 heteroatoms. The van der Waals surface area contributed by atoms with Crippen molar-refractivity contribution in [1.29, 1.82) is 0 Å². The molecule has 0 saturated heterocycles. The van der Waals surface area contributed by atoms with Crippen molar-refractivity contribution in [2.75, 3.05) is 13.6 Å². The van der Waals surface area contributed by atoms with E-state index in [9.17, 15) is 0 Å². The maximum Gasteiger partial charge on any atom is 0.0165 e. The zero-order chi connectivity index (χ0) is 11.3. The quantitative estimate of drug-likeness (QED) is 0.609. The molecule has 0 bridgehead atoms. The van der Waals surface area contributed by atoms with Crippen molar-refractivity contribution in [2.24, 2.45) is 11.8 Å². The predicted octanol–water partition coefficient (Wildman–Crippen LogP) is 3.57. The van der Waals surface area contributed by atoms with Crippen molar-refractivity contribution in [3.63, 3.8) is 0 Å². The van der Waals surface area contributed by atoms with Crippen molar-refractivity contribution in [2.45, 2.75) is 47.6 Å². The van der Waals surface area contributed by atoms with E-state index in [-0.39, 0.29) is 0 Å². The highest BCUT2D eigenvalue weighted by Crippen LogP contribution is 2.19. The molecule has 0 radical (unpaired) electrons. The summed E-state index contributed by atoms with van der Waals surface area (Å²) in [5.41, 5.74) is 1.58. The van der Waals surface area contributed by atoms with Gasteiger partial charge in [0.2, 0.25) is 0 Å². The number of likely N-dealkylation sites (N-methyl/N-ethyl adjacent to an activating group) is 1. The average molecular weight is 197 g/mol. The van der Waals surface area contributed by atoms with Gasteiger partial charge in [0.1, 0.15) is 0 Å². The first-order valence-corrected chi connectivity index (χ1v) is 5.76. The minimum atomic E-state index is 0.631. The van der Waals surface area contributed by atoms with Gasteiger partial charge >= 0.3 is 0 Å². The Hall–Kier alpha value is -0.300. The Morgan fingerprint density at radius 1 is 1.00 bits per heavy atom. The lowest BCUT2D eigenvalue weighted by molar-refractivity contribution is 0.301. The van der Waals surface area contributed by atoms with Gasteiger partial charge in [-0.05, 0) is 32.7 Å². The summed E-state index contributed by atoms with van der Waals surface area (Å²) >= 11 is 0. The van der Waals surface area contributed by atoms with E-state index in [0.29, 0.717) is 17.9 Å². The van der Waals surface area contributed by atoms with Gasteiger partial charge in [0.05, 0.1) is 0 Å². The molecule has 0 aliphatic heterocycles. The Morgan fingerprint density at radius 3 is 1.71 bits per heavy atom. The van der Waals surface area contributed by atoms with Crippen LogP contribution in [0.15, 0.2) is 11.6 Å². The molecule has 0 spiro atoms. The van der Waals surface area contributed by atoms with Gasteiger partial charge < -0.3 is 4.90 Å². The van der Waals surface area contributed by atoms with Crippen LogP contribution in [0.4, 0.5) is 0 Å². The zero-order valence-corrected chi connectivity index (χ0v) is 11.0. The van der Waals surface area contributed by atoms with Gasteiger partial charge in [-0.15, -0.1) is 0 Å². The molecular weight excluding hydrogens is 170 g/mol. The summed E-state index contributed by atoms with van der Waals surface area (Å²) in [6, 6.07) is 0.631. The molecule has 14 heavy (non-hydrogen) atoms. The number of hydrogen-bond acceptors (Lipinski definition) is 1. The molecule has 0 fully saturated rings. The molecule has 0 aromatic heterocycles. The van der Waals surface area contributed by atoms with Crippen molar-refractivity contribution in [1.82, 2.24) is 4.90 Å². The summed E-state index contributed by atoms with van der Waals surface area (Å²) in [6.45, 7) is 14.7. The van der Waals surface area contributed by atoms with Gasteiger partial charge in [-0.3, -0.25) is 0 Å². The van der Waals surface area contributed by atoms with Crippen molar-refractivity contribution in [3.8, 4) is 0 Å². The SMILES string of the molecule is CC(C)C(=CCN(C)C(C)C)C(C)C. The van der Waals surface area contributed by atoms with Crippen molar-refractivity contribution in [3.05, 3.63) is 11.6 Å². The van der Waals surface area contributed by atoms with Crippen molar-refractivity contribution >= 4 is 0 Å². The Bertz CT molecular complexity index is 168. The molecule has 84 valence electrons. The maximum absolute atomic E-state index is 2.40. The highest BCUT2D eigenvalue weighted by Gasteiger charge is 2.08. The van der Waals surface area contributed by atoms with Crippen LogP contribution in [0.5, 0.6) is 0 Å². The van der Waals surface area contributed by atoms with E-state index in [4.69, 9.17) is 0 Å². The fraction of sp³-hybridized carbons (Fsp3) is 0.846. The standard InChI is InChI=1S/C13H27N/c1-10(2)13(11(3)4)8-9-14(7)12(5)6/h8,10-12H,9H2,1-7H3. The van der Waals surface area contributed by atoms with Gasteiger partial charge in [-0.25, -0.2) is 0 Å². The van der Waals surface area contributed by atoms with E-state index >= 15 is 0 Å². The Balaban J connectivity index is 4.30. The number of rotatable bonds is 5. The Labute approximate surface area is 90.2 Å². The van der Waals surface area contributed by atoms with Gasteiger partial charge in [-0.1, -0.05) is 39.3 Å². The third-order valence-electron chi connectivity index (χ3n) is 2.83. The topological polar surface area (TPSA) is 3.24 Å².